The first-order chi connectivity index (χ1) is 9.00. The number of benzene rings is 1. The van der Waals surface area contributed by atoms with Crippen LogP contribution in [0, 0.1) is 17.5 Å². The lowest BCUT2D eigenvalue weighted by Crippen LogP contribution is -2.24. The Morgan fingerprint density at radius 2 is 2.11 bits per heavy atom. The first-order valence-electron chi connectivity index (χ1n) is 4.99. The summed E-state index contributed by atoms with van der Waals surface area (Å²) < 4.78 is 39.2. The molecule has 0 saturated carbocycles. The molecule has 1 aromatic carbocycles. The van der Waals surface area contributed by atoms with E-state index in [1.54, 1.807) is 0 Å². The molecule has 0 bridgehead atoms. The number of aromatic hydroxyl groups is 1. The summed E-state index contributed by atoms with van der Waals surface area (Å²) in [5.41, 5.74) is -0.809. The number of halogens is 3. The second-order valence-corrected chi connectivity index (χ2v) is 3.50. The monoisotopic (exact) mass is 272 g/mol. The first-order valence-corrected chi connectivity index (χ1v) is 4.99. The molecule has 0 aliphatic heterocycles. The average Bonchev–Trinajstić information content (AvgIpc) is 2.91. The minimum absolute atomic E-state index is 0.113. The van der Waals surface area contributed by atoms with Crippen LogP contribution in [-0.2, 0) is 6.54 Å². The van der Waals surface area contributed by atoms with Gasteiger partial charge in [0, 0.05) is 0 Å². The van der Waals surface area contributed by atoms with E-state index in [0.29, 0.717) is 11.9 Å². The first kappa shape index (κ1) is 12.9. The molecule has 0 saturated heterocycles. The standard InChI is InChI=1S/C10H7F3N4O2/c11-5-1-4(7(12)9(18)8(5)13)10(19)14-2-6-15-3-16-17-6/h1,3,18H,2H2,(H,14,19)(H,15,16,17). The molecule has 1 aromatic heterocycles. The zero-order valence-electron chi connectivity index (χ0n) is 9.25. The summed E-state index contributed by atoms with van der Waals surface area (Å²) in [6.07, 6.45) is 1.20. The van der Waals surface area contributed by atoms with Crippen molar-refractivity contribution < 1.29 is 23.1 Å². The van der Waals surface area contributed by atoms with E-state index < -0.39 is 34.7 Å². The molecule has 19 heavy (non-hydrogen) atoms. The molecule has 0 radical (unpaired) electrons. The van der Waals surface area contributed by atoms with Crippen molar-refractivity contribution >= 4 is 5.91 Å². The van der Waals surface area contributed by atoms with Crippen molar-refractivity contribution in [2.45, 2.75) is 6.54 Å². The Morgan fingerprint density at radius 1 is 1.37 bits per heavy atom. The Hall–Kier alpha value is -2.58. The maximum Gasteiger partial charge on any atom is 0.254 e. The van der Waals surface area contributed by atoms with Gasteiger partial charge in [0.1, 0.15) is 12.2 Å². The van der Waals surface area contributed by atoms with Crippen LogP contribution in [0.3, 0.4) is 0 Å². The van der Waals surface area contributed by atoms with Gasteiger partial charge in [-0.2, -0.15) is 9.49 Å². The number of aromatic amines is 1. The number of amides is 1. The Bertz CT molecular complexity index is 616. The van der Waals surface area contributed by atoms with Crippen molar-refractivity contribution in [3.05, 3.63) is 41.2 Å². The second-order valence-electron chi connectivity index (χ2n) is 3.50. The van der Waals surface area contributed by atoms with Crippen LogP contribution in [0.1, 0.15) is 16.2 Å². The van der Waals surface area contributed by atoms with Gasteiger partial charge in [-0.05, 0) is 6.07 Å². The van der Waals surface area contributed by atoms with E-state index in [1.807, 2.05) is 0 Å². The summed E-state index contributed by atoms with van der Waals surface area (Å²) in [6.45, 7) is -0.113. The highest BCUT2D eigenvalue weighted by Crippen LogP contribution is 2.25. The Morgan fingerprint density at radius 3 is 2.74 bits per heavy atom. The summed E-state index contributed by atoms with van der Waals surface area (Å²) in [5.74, 6) is -7.07. The number of nitrogens with zero attached hydrogens (tertiary/aromatic N) is 2. The van der Waals surface area contributed by atoms with E-state index in [9.17, 15) is 18.0 Å². The number of phenols is 1. The Kier molecular flexibility index (Phi) is 3.36. The van der Waals surface area contributed by atoms with Gasteiger partial charge in [-0.25, -0.2) is 13.8 Å². The minimum atomic E-state index is -1.75. The zero-order chi connectivity index (χ0) is 14.0. The van der Waals surface area contributed by atoms with Crippen LogP contribution in [0.5, 0.6) is 5.75 Å². The topological polar surface area (TPSA) is 90.9 Å². The summed E-state index contributed by atoms with van der Waals surface area (Å²) in [6, 6.07) is 0.361. The molecule has 1 amide bonds. The van der Waals surface area contributed by atoms with Gasteiger partial charge < -0.3 is 10.4 Å². The predicted octanol–water partition coefficient (Wildman–Crippen LogP) is 0.858. The number of phenolic OH excluding ortho intramolecular Hbond substituents is 1. The quantitative estimate of drug-likeness (QED) is 0.723. The van der Waals surface area contributed by atoms with Crippen molar-refractivity contribution in [3.8, 4) is 5.75 Å². The maximum atomic E-state index is 13.4. The highest BCUT2D eigenvalue weighted by molar-refractivity contribution is 5.94. The summed E-state index contributed by atoms with van der Waals surface area (Å²) in [4.78, 5) is 15.3. The fraction of sp³-hybridized carbons (Fsp3) is 0.100. The van der Waals surface area contributed by atoms with Crippen LogP contribution in [-0.4, -0.2) is 26.2 Å². The molecule has 0 fully saturated rings. The van der Waals surface area contributed by atoms with Crippen LogP contribution in [0.25, 0.3) is 0 Å². The van der Waals surface area contributed by atoms with Gasteiger partial charge in [-0.15, -0.1) is 0 Å². The highest BCUT2D eigenvalue weighted by Gasteiger charge is 2.22. The fourth-order valence-corrected chi connectivity index (χ4v) is 1.33. The Balaban J connectivity index is 2.20. The van der Waals surface area contributed by atoms with Gasteiger partial charge in [-0.3, -0.25) is 9.89 Å². The van der Waals surface area contributed by atoms with Crippen molar-refractivity contribution in [1.29, 1.82) is 0 Å². The van der Waals surface area contributed by atoms with Crippen LogP contribution in [0.15, 0.2) is 12.4 Å². The molecule has 2 aromatic rings. The SMILES string of the molecule is O=C(NCc1ncn[nH]1)c1cc(F)c(F)c(O)c1F. The average molecular weight is 272 g/mol. The molecule has 0 unspecified atom stereocenters. The van der Waals surface area contributed by atoms with Crippen molar-refractivity contribution in [2.24, 2.45) is 0 Å². The summed E-state index contributed by atoms with van der Waals surface area (Å²) in [5, 5.41) is 17.1. The van der Waals surface area contributed by atoms with Gasteiger partial charge in [0.15, 0.2) is 17.4 Å². The number of carbonyl (C=O) groups excluding carboxylic acids is 1. The van der Waals surface area contributed by atoms with E-state index in [-0.39, 0.29) is 6.54 Å². The molecule has 9 heteroatoms. The van der Waals surface area contributed by atoms with E-state index in [4.69, 9.17) is 5.11 Å². The van der Waals surface area contributed by atoms with Gasteiger partial charge in [0.25, 0.3) is 5.91 Å². The smallest absolute Gasteiger partial charge is 0.254 e. The highest BCUT2D eigenvalue weighted by atomic mass is 19.2. The third kappa shape index (κ3) is 2.49. The molecule has 6 nitrogen and oxygen atoms in total. The van der Waals surface area contributed by atoms with E-state index in [1.165, 1.54) is 6.33 Å². The van der Waals surface area contributed by atoms with Crippen molar-refractivity contribution in [3.63, 3.8) is 0 Å². The number of nitrogens with one attached hydrogen (secondary N) is 2. The molecule has 0 aliphatic carbocycles. The fourth-order valence-electron chi connectivity index (χ4n) is 1.33. The Labute approximate surface area is 104 Å². The normalized spacial score (nSPS) is 10.5. The van der Waals surface area contributed by atoms with Gasteiger partial charge in [-0.1, -0.05) is 0 Å². The van der Waals surface area contributed by atoms with Gasteiger partial charge in [0.05, 0.1) is 12.1 Å². The van der Waals surface area contributed by atoms with E-state index >= 15 is 0 Å². The minimum Gasteiger partial charge on any atom is -0.503 e. The molecule has 0 atom stereocenters. The zero-order valence-corrected chi connectivity index (χ0v) is 9.25. The van der Waals surface area contributed by atoms with Crippen LogP contribution in [0.4, 0.5) is 13.2 Å². The molecule has 0 aliphatic rings. The molecule has 1 heterocycles. The van der Waals surface area contributed by atoms with Crippen LogP contribution >= 0.6 is 0 Å². The van der Waals surface area contributed by atoms with Crippen LogP contribution < -0.4 is 5.32 Å². The lowest BCUT2D eigenvalue weighted by atomic mass is 10.1. The number of rotatable bonds is 3. The third-order valence-electron chi connectivity index (χ3n) is 2.26. The molecular formula is C10H7F3N4O2. The second kappa shape index (κ2) is 4.96. The summed E-state index contributed by atoms with van der Waals surface area (Å²) >= 11 is 0. The lowest BCUT2D eigenvalue weighted by Gasteiger charge is -2.07. The molecular weight excluding hydrogens is 265 g/mol. The maximum absolute atomic E-state index is 13.4. The molecule has 100 valence electrons. The number of hydrogen-bond donors (Lipinski definition) is 3. The lowest BCUT2D eigenvalue weighted by molar-refractivity contribution is 0.0944. The van der Waals surface area contributed by atoms with Crippen LogP contribution in [0.2, 0.25) is 0 Å². The van der Waals surface area contributed by atoms with Gasteiger partial charge in [0.2, 0.25) is 5.82 Å². The van der Waals surface area contributed by atoms with Gasteiger partial charge >= 0.3 is 0 Å². The number of H-pyrrole nitrogens is 1. The van der Waals surface area contributed by atoms with E-state index in [2.05, 4.69) is 20.5 Å². The molecule has 2 rings (SSSR count). The number of aromatic nitrogens is 3. The van der Waals surface area contributed by atoms with Crippen molar-refractivity contribution in [2.75, 3.05) is 0 Å². The van der Waals surface area contributed by atoms with E-state index in [0.717, 1.165) is 0 Å². The number of carbonyl (C=O) groups is 1. The molecule has 0 spiro atoms. The van der Waals surface area contributed by atoms with Crippen molar-refractivity contribution in [1.82, 2.24) is 20.5 Å². The predicted molar refractivity (Wildman–Crippen MR) is 55.5 cm³/mol. The largest absolute Gasteiger partial charge is 0.503 e. The summed E-state index contributed by atoms with van der Waals surface area (Å²) in [7, 11) is 0. The molecule has 3 N–H and O–H groups in total. The third-order valence-corrected chi connectivity index (χ3v) is 2.26. The number of hydrogen-bond acceptors (Lipinski definition) is 4.